The second-order valence-corrected chi connectivity index (χ2v) is 7.22. The van der Waals surface area contributed by atoms with Gasteiger partial charge in [-0.05, 0) is 24.6 Å². The van der Waals surface area contributed by atoms with Crippen molar-refractivity contribution >= 4 is 48.5 Å². The molecular formula is C16H21BrN2O3S. The van der Waals surface area contributed by atoms with Crippen molar-refractivity contribution in [2.24, 2.45) is 0 Å². The molecule has 0 unspecified atom stereocenters. The van der Waals surface area contributed by atoms with Crippen molar-refractivity contribution < 1.29 is 14.3 Å². The van der Waals surface area contributed by atoms with Gasteiger partial charge in [-0.15, -0.1) is 0 Å². The summed E-state index contributed by atoms with van der Waals surface area (Å²) in [6.07, 6.45) is 2.92. The van der Waals surface area contributed by atoms with Crippen LogP contribution in [0.1, 0.15) is 26.2 Å². The summed E-state index contributed by atoms with van der Waals surface area (Å²) in [7, 11) is 1.64. The van der Waals surface area contributed by atoms with Crippen LogP contribution in [0.5, 0.6) is 5.75 Å². The molecule has 0 spiro atoms. The summed E-state index contributed by atoms with van der Waals surface area (Å²) in [6, 6.07) is 5.70. The minimum Gasteiger partial charge on any atom is -0.491 e. The molecule has 2 rings (SSSR count). The van der Waals surface area contributed by atoms with Crippen molar-refractivity contribution in [2.75, 3.05) is 25.6 Å². The van der Waals surface area contributed by atoms with Crippen LogP contribution in [0.4, 0.5) is 5.13 Å². The minimum atomic E-state index is -0.178. The molecule has 0 saturated carbocycles. The highest BCUT2D eigenvalue weighted by Gasteiger charge is 2.16. The molecule has 0 saturated heterocycles. The molecule has 1 N–H and O–H groups in total. The highest BCUT2D eigenvalue weighted by atomic mass is 79.9. The van der Waals surface area contributed by atoms with E-state index in [-0.39, 0.29) is 10.7 Å². The lowest BCUT2D eigenvalue weighted by Crippen LogP contribution is -2.22. The number of fused-ring (bicyclic) bond motifs is 1. The molecule has 1 amide bonds. The van der Waals surface area contributed by atoms with E-state index in [0.29, 0.717) is 18.3 Å². The SMILES string of the molecule is CCCC[C@H](Br)C(=O)Nc1nc2ccc(OCCOC)cc2s1. The van der Waals surface area contributed by atoms with Gasteiger partial charge in [0.05, 0.1) is 21.7 Å². The van der Waals surface area contributed by atoms with E-state index in [9.17, 15) is 4.79 Å². The van der Waals surface area contributed by atoms with Crippen molar-refractivity contribution in [1.29, 1.82) is 0 Å². The lowest BCUT2D eigenvalue weighted by atomic mass is 10.2. The van der Waals surface area contributed by atoms with Crippen LogP contribution in [0.25, 0.3) is 10.2 Å². The molecule has 0 aliphatic heterocycles. The van der Waals surface area contributed by atoms with E-state index in [1.54, 1.807) is 7.11 Å². The van der Waals surface area contributed by atoms with Gasteiger partial charge in [0.1, 0.15) is 12.4 Å². The summed E-state index contributed by atoms with van der Waals surface area (Å²) in [5.41, 5.74) is 0.851. The largest absolute Gasteiger partial charge is 0.491 e. The van der Waals surface area contributed by atoms with Gasteiger partial charge in [0.2, 0.25) is 5.91 Å². The number of anilines is 1. The number of aromatic nitrogens is 1. The monoisotopic (exact) mass is 400 g/mol. The van der Waals surface area contributed by atoms with Crippen LogP contribution in [0.15, 0.2) is 18.2 Å². The first-order valence-corrected chi connectivity index (χ1v) is 9.34. The number of benzene rings is 1. The van der Waals surface area contributed by atoms with E-state index in [0.717, 1.165) is 35.2 Å². The third-order valence-electron chi connectivity index (χ3n) is 3.24. The second-order valence-electron chi connectivity index (χ2n) is 5.09. The van der Waals surface area contributed by atoms with Crippen LogP contribution in [0.3, 0.4) is 0 Å². The van der Waals surface area contributed by atoms with Gasteiger partial charge < -0.3 is 14.8 Å². The molecule has 0 aliphatic rings. The predicted molar refractivity (Wildman–Crippen MR) is 97.9 cm³/mol. The molecule has 1 heterocycles. The minimum absolute atomic E-state index is 0.0472. The third-order valence-corrected chi connectivity index (χ3v) is 5.05. The van der Waals surface area contributed by atoms with Crippen molar-refractivity contribution in [3.63, 3.8) is 0 Å². The average Bonchev–Trinajstić information content (AvgIpc) is 2.94. The number of hydrogen-bond acceptors (Lipinski definition) is 5. The van der Waals surface area contributed by atoms with E-state index in [2.05, 4.69) is 33.2 Å². The Bertz CT molecular complexity index is 647. The summed E-state index contributed by atoms with van der Waals surface area (Å²) in [4.78, 5) is 16.4. The van der Waals surface area contributed by atoms with Gasteiger partial charge in [0, 0.05) is 7.11 Å². The van der Waals surface area contributed by atoms with Crippen molar-refractivity contribution in [1.82, 2.24) is 4.98 Å². The first kappa shape index (κ1) is 18.2. The van der Waals surface area contributed by atoms with Crippen molar-refractivity contribution in [3.8, 4) is 5.75 Å². The number of nitrogens with one attached hydrogen (secondary N) is 1. The number of unbranched alkanes of at least 4 members (excludes halogenated alkanes) is 1. The maximum absolute atomic E-state index is 12.1. The molecule has 0 aliphatic carbocycles. The van der Waals surface area contributed by atoms with Crippen LogP contribution in [-0.4, -0.2) is 36.0 Å². The number of rotatable bonds is 9. The van der Waals surface area contributed by atoms with Gasteiger partial charge in [-0.3, -0.25) is 4.79 Å². The maximum Gasteiger partial charge on any atom is 0.239 e. The number of thiazole rings is 1. The summed E-state index contributed by atoms with van der Waals surface area (Å²) in [5, 5.41) is 3.48. The molecule has 7 heteroatoms. The molecule has 23 heavy (non-hydrogen) atoms. The van der Waals surface area contributed by atoms with Gasteiger partial charge in [-0.25, -0.2) is 4.98 Å². The Morgan fingerprint density at radius 1 is 1.43 bits per heavy atom. The van der Waals surface area contributed by atoms with Crippen molar-refractivity contribution in [2.45, 2.75) is 31.0 Å². The summed E-state index contributed by atoms with van der Waals surface area (Å²) >= 11 is 4.87. The fraction of sp³-hybridized carbons (Fsp3) is 0.500. The highest BCUT2D eigenvalue weighted by Crippen LogP contribution is 2.29. The summed E-state index contributed by atoms with van der Waals surface area (Å²) in [6.45, 7) is 3.16. The van der Waals surface area contributed by atoms with Gasteiger partial charge in [0.15, 0.2) is 5.13 Å². The zero-order chi connectivity index (χ0) is 16.7. The first-order valence-electron chi connectivity index (χ1n) is 7.61. The molecule has 1 aromatic carbocycles. The van der Waals surface area contributed by atoms with Crippen LogP contribution in [0.2, 0.25) is 0 Å². The first-order chi connectivity index (χ1) is 11.1. The normalized spacial score (nSPS) is 12.3. The van der Waals surface area contributed by atoms with Gasteiger partial charge >= 0.3 is 0 Å². The van der Waals surface area contributed by atoms with E-state index in [1.807, 2.05) is 18.2 Å². The number of ether oxygens (including phenoxy) is 2. The molecular weight excluding hydrogens is 380 g/mol. The molecule has 0 radical (unpaired) electrons. The molecule has 0 bridgehead atoms. The average molecular weight is 401 g/mol. The molecule has 126 valence electrons. The number of amides is 1. The van der Waals surface area contributed by atoms with Gasteiger partial charge in [-0.2, -0.15) is 0 Å². The van der Waals surface area contributed by atoms with Crippen LogP contribution in [-0.2, 0) is 9.53 Å². The van der Waals surface area contributed by atoms with E-state index in [4.69, 9.17) is 9.47 Å². The number of methoxy groups -OCH3 is 1. The summed E-state index contributed by atoms with van der Waals surface area (Å²) in [5.74, 6) is 0.728. The van der Waals surface area contributed by atoms with Gasteiger partial charge in [0.25, 0.3) is 0 Å². The maximum atomic E-state index is 12.1. The summed E-state index contributed by atoms with van der Waals surface area (Å²) < 4.78 is 11.5. The number of carbonyl (C=O) groups excluding carboxylic acids is 1. The highest BCUT2D eigenvalue weighted by molar-refractivity contribution is 9.10. The zero-order valence-corrected chi connectivity index (χ0v) is 15.7. The van der Waals surface area contributed by atoms with Crippen LogP contribution < -0.4 is 10.1 Å². The fourth-order valence-electron chi connectivity index (χ4n) is 1.99. The number of carbonyl (C=O) groups is 1. The molecule has 1 atom stereocenters. The number of halogens is 1. The smallest absolute Gasteiger partial charge is 0.239 e. The molecule has 2 aromatic rings. The third kappa shape index (κ3) is 5.44. The Balaban J connectivity index is 2.00. The molecule has 0 fully saturated rings. The van der Waals surface area contributed by atoms with E-state index in [1.165, 1.54) is 11.3 Å². The Kier molecular flexibility index (Phi) is 7.26. The molecule has 5 nitrogen and oxygen atoms in total. The van der Waals surface area contributed by atoms with Gasteiger partial charge in [-0.1, -0.05) is 47.0 Å². The Labute approximate surface area is 148 Å². The topological polar surface area (TPSA) is 60.5 Å². The van der Waals surface area contributed by atoms with E-state index < -0.39 is 0 Å². The molecule has 1 aromatic heterocycles. The fourth-order valence-corrected chi connectivity index (χ4v) is 3.32. The Morgan fingerprint density at radius 3 is 3.00 bits per heavy atom. The van der Waals surface area contributed by atoms with E-state index >= 15 is 0 Å². The number of alkyl halides is 1. The quantitative estimate of drug-likeness (QED) is 0.505. The van der Waals surface area contributed by atoms with Crippen LogP contribution >= 0.6 is 27.3 Å². The standard InChI is InChI=1S/C16H21BrN2O3S/c1-3-4-5-12(17)15(20)19-16-18-13-7-6-11(10-14(13)23-16)22-9-8-21-2/h6-7,10,12H,3-5,8-9H2,1-2H3,(H,18,19,20)/t12-/m0/s1. The zero-order valence-electron chi connectivity index (χ0n) is 13.3. The van der Waals surface area contributed by atoms with Crippen molar-refractivity contribution in [3.05, 3.63) is 18.2 Å². The number of nitrogens with zero attached hydrogens (tertiary/aromatic N) is 1. The lowest BCUT2D eigenvalue weighted by molar-refractivity contribution is -0.115. The Morgan fingerprint density at radius 2 is 2.26 bits per heavy atom. The predicted octanol–water partition coefficient (Wildman–Crippen LogP) is 4.21. The lowest BCUT2D eigenvalue weighted by Gasteiger charge is -2.07. The Hall–Kier alpha value is -1.18. The van der Waals surface area contributed by atoms with Crippen LogP contribution in [0, 0.1) is 0 Å². The second kappa shape index (κ2) is 9.20. The number of hydrogen-bond donors (Lipinski definition) is 1.